The predicted octanol–water partition coefficient (Wildman–Crippen LogP) is 2.99. The monoisotopic (exact) mass is 416 g/mol. The van der Waals surface area contributed by atoms with Crippen molar-refractivity contribution in [1.82, 2.24) is 19.4 Å². The molecule has 0 aliphatic carbocycles. The van der Waals surface area contributed by atoms with E-state index >= 15 is 0 Å². The molecule has 1 unspecified atom stereocenters. The van der Waals surface area contributed by atoms with E-state index in [-0.39, 0.29) is 11.4 Å². The van der Waals surface area contributed by atoms with Gasteiger partial charge in [0.05, 0.1) is 11.7 Å². The Morgan fingerprint density at radius 1 is 1.06 bits per heavy atom. The average molecular weight is 416 g/mol. The molecule has 1 aliphatic heterocycles. The Morgan fingerprint density at radius 2 is 1.81 bits per heavy atom. The first-order valence-corrected chi connectivity index (χ1v) is 10.5. The molecule has 0 saturated heterocycles. The van der Waals surface area contributed by atoms with E-state index in [9.17, 15) is 14.7 Å². The van der Waals surface area contributed by atoms with Gasteiger partial charge in [-0.3, -0.25) is 14.7 Å². The molecule has 3 heterocycles. The Labute approximate surface area is 178 Å². The highest BCUT2D eigenvalue weighted by Crippen LogP contribution is 2.39. The van der Waals surface area contributed by atoms with Crippen molar-refractivity contribution in [2.24, 2.45) is 0 Å². The first kappa shape index (κ1) is 19.4. The number of H-pyrrole nitrogens is 2. The quantitative estimate of drug-likeness (QED) is 0.479. The zero-order chi connectivity index (χ0) is 21.7. The van der Waals surface area contributed by atoms with Crippen molar-refractivity contribution in [3.63, 3.8) is 0 Å². The van der Waals surface area contributed by atoms with Crippen molar-refractivity contribution < 1.29 is 5.11 Å². The molecular formula is C24H24N4O3. The third kappa shape index (κ3) is 3.00. The zero-order valence-corrected chi connectivity index (χ0v) is 17.5. The van der Waals surface area contributed by atoms with Crippen molar-refractivity contribution in [2.45, 2.75) is 26.3 Å². The molecule has 31 heavy (non-hydrogen) atoms. The molecule has 1 aliphatic rings. The van der Waals surface area contributed by atoms with E-state index in [4.69, 9.17) is 0 Å². The minimum absolute atomic E-state index is 0.175. The molecule has 0 radical (unpaired) electrons. The molecule has 7 nitrogen and oxygen atoms in total. The Morgan fingerprint density at radius 3 is 2.55 bits per heavy atom. The van der Waals surface area contributed by atoms with E-state index < -0.39 is 17.3 Å². The van der Waals surface area contributed by atoms with Gasteiger partial charge in [0.25, 0.3) is 5.56 Å². The lowest BCUT2D eigenvalue weighted by molar-refractivity contribution is 0.215. The van der Waals surface area contributed by atoms with Crippen molar-refractivity contribution in [3.8, 4) is 11.6 Å². The standard InChI is InChI=1S/C24H24N4O3/c1-3-27-13-12-17-16-6-4-5-7-18(16)25-20(17)21(27)19-22(29)26-24(31)28(23(19)30)15-10-8-14(2)9-11-15/h4-11,21,25,30H,3,12-13H2,1-2H3,(H,26,29,31). The maximum Gasteiger partial charge on any atom is 0.335 e. The molecule has 2 aromatic heterocycles. The molecule has 0 amide bonds. The number of nitrogens with one attached hydrogen (secondary N) is 2. The van der Waals surface area contributed by atoms with Gasteiger partial charge < -0.3 is 10.1 Å². The Bertz CT molecular complexity index is 1400. The SMILES string of the molecule is CCN1CCc2c([nH]c3ccccc23)C1c1c(O)n(-c2ccc(C)cc2)c(=O)[nH]c1=O. The summed E-state index contributed by atoms with van der Waals surface area (Å²) in [5.41, 5.74) is 3.52. The number of benzene rings is 2. The van der Waals surface area contributed by atoms with Gasteiger partial charge in [-0.1, -0.05) is 42.8 Å². The van der Waals surface area contributed by atoms with Crippen LogP contribution in [0.15, 0.2) is 58.1 Å². The van der Waals surface area contributed by atoms with Gasteiger partial charge in [-0.25, -0.2) is 9.36 Å². The maximum absolute atomic E-state index is 13.0. The lowest BCUT2D eigenvalue weighted by Gasteiger charge is -2.35. The van der Waals surface area contributed by atoms with Gasteiger partial charge in [-0.2, -0.15) is 0 Å². The molecule has 2 aromatic carbocycles. The topological polar surface area (TPSA) is 94.1 Å². The minimum Gasteiger partial charge on any atom is -0.494 e. The van der Waals surface area contributed by atoms with Gasteiger partial charge in [0.1, 0.15) is 5.56 Å². The molecule has 7 heteroatoms. The summed E-state index contributed by atoms with van der Waals surface area (Å²) in [5, 5.41) is 12.4. The number of aryl methyl sites for hydroxylation is 1. The van der Waals surface area contributed by atoms with Gasteiger partial charge >= 0.3 is 5.69 Å². The molecule has 158 valence electrons. The molecule has 1 atom stereocenters. The number of rotatable bonds is 3. The molecule has 5 rings (SSSR count). The van der Waals surface area contributed by atoms with Crippen LogP contribution in [0.25, 0.3) is 16.6 Å². The summed E-state index contributed by atoms with van der Waals surface area (Å²) in [4.78, 5) is 33.7. The van der Waals surface area contributed by atoms with Crippen molar-refractivity contribution in [3.05, 3.63) is 91.8 Å². The number of para-hydroxylation sites is 1. The second kappa shape index (κ2) is 7.28. The zero-order valence-electron chi connectivity index (χ0n) is 17.5. The second-order valence-corrected chi connectivity index (χ2v) is 8.01. The fourth-order valence-electron chi connectivity index (χ4n) is 4.68. The van der Waals surface area contributed by atoms with Crippen LogP contribution in [0.3, 0.4) is 0 Å². The first-order chi connectivity index (χ1) is 15.0. The van der Waals surface area contributed by atoms with Crippen LogP contribution >= 0.6 is 0 Å². The number of hydrogen-bond donors (Lipinski definition) is 3. The lowest BCUT2D eigenvalue weighted by atomic mass is 9.93. The summed E-state index contributed by atoms with van der Waals surface area (Å²) in [6.07, 6.45) is 0.847. The molecule has 4 aromatic rings. The van der Waals surface area contributed by atoms with Crippen LogP contribution in [-0.4, -0.2) is 37.6 Å². The van der Waals surface area contributed by atoms with Gasteiger partial charge in [0.15, 0.2) is 0 Å². The summed E-state index contributed by atoms with van der Waals surface area (Å²) >= 11 is 0. The Kier molecular flexibility index (Phi) is 4.55. The number of aromatic amines is 2. The Hall–Kier alpha value is -3.58. The highest BCUT2D eigenvalue weighted by atomic mass is 16.3. The maximum atomic E-state index is 13.0. The van der Waals surface area contributed by atoms with Crippen molar-refractivity contribution in [1.29, 1.82) is 0 Å². The van der Waals surface area contributed by atoms with Crippen LogP contribution < -0.4 is 11.2 Å². The van der Waals surface area contributed by atoms with Gasteiger partial charge in [0, 0.05) is 23.1 Å². The number of fused-ring (bicyclic) bond motifs is 3. The summed E-state index contributed by atoms with van der Waals surface area (Å²) in [5.74, 6) is -0.326. The smallest absolute Gasteiger partial charge is 0.335 e. The van der Waals surface area contributed by atoms with Crippen LogP contribution in [0.4, 0.5) is 0 Å². The molecular weight excluding hydrogens is 392 g/mol. The van der Waals surface area contributed by atoms with Crippen LogP contribution in [-0.2, 0) is 6.42 Å². The normalized spacial score (nSPS) is 16.5. The lowest BCUT2D eigenvalue weighted by Crippen LogP contribution is -2.41. The fourth-order valence-corrected chi connectivity index (χ4v) is 4.68. The summed E-state index contributed by atoms with van der Waals surface area (Å²) in [6, 6.07) is 14.8. The van der Waals surface area contributed by atoms with Crippen LogP contribution in [0, 0.1) is 6.92 Å². The van der Waals surface area contributed by atoms with E-state index in [1.807, 2.05) is 44.2 Å². The van der Waals surface area contributed by atoms with E-state index in [1.54, 1.807) is 12.1 Å². The Balaban J connectivity index is 1.78. The van der Waals surface area contributed by atoms with Gasteiger partial charge in [-0.15, -0.1) is 0 Å². The van der Waals surface area contributed by atoms with Crippen LogP contribution in [0.1, 0.15) is 35.3 Å². The first-order valence-electron chi connectivity index (χ1n) is 10.5. The van der Waals surface area contributed by atoms with E-state index in [2.05, 4.69) is 20.9 Å². The molecule has 0 fully saturated rings. The fraction of sp³-hybridized carbons (Fsp3) is 0.250. The van der Waals surface area contributed by atoms with E-state index in [0.717, 1.165) is 40.7 Å². The van der Waals surface area contributed by atoms with Crippen molar-refractivity contribution >= 4 is 10.9 Å². The molecule has 0 bridgehead atoms. The second-order valence-electron chi connectivity index (χ2n) is 8.01. The van der Waals surface area contributed by atoms with Crippen LogP contribution in [0.5, 0.6) is 5.88 Å². The number of nitrogens with zero attached hydrogens (tertiary/aromatic N) is 2. The number of aromatic hydroxyl groups is 1. The van der Waals surface area contributed by atoms with Crippen LogP contribution in [0.2, 0.25) is 0 Å². The third-order valence-electron chi connectivity index (χ3n) is 6.23. The largest absolute Gasteiger partial charge is 0.494 e. The van der Waals surface area contributed by atoms with Gasteiger partial charge in [0.2, 0.25) is 5.88 Å². The molecule has 3 N–H and O–H groups in total. The third-order valence-corrected chi connectivity index (χ3v) is 6.23. The number of hydrogen-bond acceptors (Lipinski definition) is 4. The average Bonchev–Trinajstić information content (AvgIpc) is 3.14. The summed E-state index contributed by atoms with van der Waals surface area (Å²) in [6.45, 7) is 5.42. The summed E-state index contributed by atoms with van der Waals surface area (Å²) < 4.78 is 1.17. The highest BCUT2D eigenvalue weighted by Gasteiger charge is 2.35. The number of likely N-dealkylation sites (N-methyl/N-ethyl adjacent to an activating group) is 1. The summed E-state index contributed by atoms with van der Waals surface area (Å²) in [7, 11) is 0. The van der Waals surface area contributed by atoms with Gasteiger partial charge in [-0.05, 0) is 43.7 Å². The molecule has 0 spiro atoms. The van der Waals surface area contributed by atoms with E-state index in [0.29, 0.717) is 12.2 Å². The molecule has 0 saturated carbocycles. The van der Waals surface area contributed by atoms with Crippen molar-refractivity contribution in [2.75, 3.05) is 13.1 Å². The number of aromatic nitrogens is 3. The van der Waals surface area contributed by atoms with E-state index in [1.165, 1.54) is 4.57 Å². The predicted molar refractivity (Wildman–Crippen MR) is 120 cm³/mol. The highest BCUT2D eigenvalue weighted by molar-refractivity contribution is 5.85. The minimum atomic E-state index is -0.661.